The van der Waals surface area contributed by atoms with E-state index in [4.69, 9.17) is 9.47 Å². The van der Waals surface area contributed by atoms with Gasteiger partial charge in [-0.25, -0.2) is 0 Å². The smallest absolute Gasteiger partial charge is 0.119 e. The van der Waals surface area contributed by atoms with Crippen LogP contribution in [0, 0.1) is 11.8 Å². The molecule has 0 aliphatic carbocycles. The lowest BCUT2D eigenvalue weighted by atomic mass is 9.87. The van der Waals surface area contributed by atoms with Crippen molar-refractivity contribution in [2.75, 3.05) is 39.5 Å². The molecule has 1 N–H and O–H groups in total. The molecule has 0 saturated carbocycles. The average Bonchev–Trinajstić information content (AvgIpc) is 2.53. The molecule has 148 valence electrons. The molecule has 3 atom stereocenters. The average molecular weight is 364 g/mol. The molecular weight excluding hydrogens is 326 g/mol. The number of aliphatic hydroxyl groups is 1. The van der Waals surface area contributed by atoms with Gasteiger partial charge in [-0.15, -0.1) is 0 Å². The number of piperidine rings is 1. The zero-order valence-corrected chi connectivity index (χ0v) is 17.2. The molecule has 2 rings (SSSR count). The van der Waals surface area contributed by atoms with Gasteiger partial charge in [-0.1, -0.05) is 46.8 Å². The van der Waals surface area contributed by atoms with Crippen LogP contribution in [0.1, 0.15) is 46.6 Å². The first-order valence-electron chi connectivity index (χ1n) is 9.95. The Morgan fingerprint density at radius 2 is 1.69 bits per heavy atom. The highest BCUT2D eigenvalue weighted by Gasteiger charge is 2.23. The minimum Gasteiger partial charge on any atom is -0.491 e. The molecule has 1 fully saturated rings. The van der Waals surface area contributed by atoms with Crippen LogP contribution in [0.25, 0.3) is 0 Å². The molecule has 1 aliphatic rings. The molecule has 26 heavy (non-hydrogen) atoms. The van der Waals surface area contributed by atoms with E-state index in [2.05, 4.69) is 51.7 Å². The Kier molecular flexibility index (Phi) is 7.93. The Morgan fingerprint density at radius 1 is 1.08 bits per heavy atom. The van der Waals surface area contributed by atoms with Crippen LogP contribution in [-0.2, 0) is 10.2 Å². The van der Waals surface area contributed by atoms with Crippen molar-refractivity contribution in [1.82, 2.24) is 4.90 Å². The Labute approximate surface area is 159 Å². The number of nitrogens with zero attached hydrogens (tertiary/aromatic N) is 1. The van der Waals surface area contributed by atoms with Gasteiger partial charge in [0.1, 0.15) is 12.4 Å². The highest BCUT2D eigenvalue weighted by molar-refractivity contribution is 5.31. The first kappa shape index (κ1) is 21.2. The largest absolute Gasteiger partial charge is 0.491 e. The van der Waals surface area contributed by atoms with Gasteiger partial charge in [-0.2, -0.15) is 0 Å². The lowest BCUT2D eigenvalue weighted by Crippen LogP contribution is -2.43. The Hall–Kier alpha value is -1.10. The number of aliphatic hydroxyl groups excluding tert-OH is 1. The summed E-state index contributed by atoms with van der Waals surface area (Å²) in [5.74, 6) is 2.29. The fraction of sp³-hybridized carbons (Fsp3) is 0.727. The van der Waals surface area contributed by atoms with Gasteiger partial charge in [0.15, 0.2) is 0 Å². The summed E-state index contributed by atoms with van der Waals surface area (Å²) in [5.41, 5.74) is 1.45. The first-order chi connectivity index (χ1) is 12.2. The molecule has 1 aromatic carbocycles. The molecule has 0 amide bonds. The number of hydrogen-bond donors (Lipinski definition) is 1. The van der Waals surface area contributed by atoms with Gasteiger partial charge >= 0.3 is 0 Å². The maximum absolute atomic E-state index is 10.2. The molecule has 1 aliphatic heterocycles. The van der Waals surface area contributed by atoms with Crippen molar-refractivity contribution in [3.63, 3.8) is 0 Å². The number of β-amino-alcohol motifs (C(OH)–C–C–N with tert-alkyl or cyclic N) is 1. The third kappa shape index (κ3) is 7.26. The highest BCUT2D eigenvalue weighted by atomic mass is 16.5. The van der Waals surface area contributed by atoms with Gasteiger partial charge in [-0.3, -0.25) is 0 Å². The van der Waals surface area contributed by atoms with Crippen molar-refractivity contribution < 1.29 is 14.6 Å². The molecule has 0 unspecified atom stereocenters. The molecule has 0 radical (unpaired) electrons. The summed E-state index contributed by atoms with van der Waals surface area (Å²) in [4.78, 5) is 2.36. The van der Waals surface area contributed by atoms with Crippen LogP contribution in [0.15, 0.2) is 24.3 Å². The molecule has 1 heterocycles. The number of ether oxygens (including phenoxy) is 2. The van der Waals surface area contributed by atoms with Crippen LogP contribution in [-0.4, -0.2) is 55.6 Å². The second-order valence-electron chi connectivity index (χ2n) is 9.02. The molecular formula is C22H37NO3. The fourth-order valence-electron chi connectivity index (χ4n) is 3.78. The SMILES string of the molecule is C[C@@H]1C[C@@H](C)CN(C[C@@H](O)COCCOc2ccc(C(C)(C)C)cc2)C1. The predicted molar refractivity (Wildman–Crippen MR) is 107 cm³/mol. The van der Waals surface area contributed by atoms with Crippen molar-refractivity contribution in [2.45, 2.75) is 52.6 Å². The van der Waals surface area contributed by atoms with Gasteiger partial charge in [0.2, 0.25) is 0 Å². The van der Waals surface area contributed by atoms with E-state index in [0.29, 0.717) is 38.2 Å². The first-order valence-corrected chi connectivity index (χ1v) is 9.95. The number of rotatable bonds is 8. The summed E-state index contributed by atoms with van der Waals surface area (Å²) in [6.07, 6.45) is 0.857. The van der Waals surface area contributed by atoms with Crippen LogP contribution in [0.3, 0.4) is 0 Å². The zero-order chi connectivity index (χ0) is 19.2. The summed E-state index contributed by atoms with van der Waals surface area (Å²) >= 11 is 0. The maximum atomic E-state index is 10.2. The van der Waals surface area contributed by atoms with Gasteiger partial charge in [-0.05, 0) is 41.4 Å². The number of hydrogen-bond acceptors (Lipinski definition) is 4. The van der Waals surface area contributed by atoms with E-state index in [9.17, 15) is 5.11 Å². The van der Waals surface area contributed by atoms with E-state index in [0.717, 1.165) is 18.8 Å². The summed E-state index contributed by atoms with van der Waals surface area (Å²) in [5, 5.41) is 10.2. The third-order valence-electron chi connectivity index (χ3n) is 4.94. The summed E-state index contributed by atoms with van der Waals surface area (Å²) in [6.45, 7) is 15.4. The van der Waals surface area contributed by atoms with Crippen LogP contribution in [0.4, 0.5) is 0 Å². The topological polar surface area (TPSA) is 41.9 Å². The quantitative estimate of drug-likeness (QED) is 0.715. The molecule has 0 aromatic heterocycles. The lowest BCUT2D eigenvalue weighted by molar-refractivity contribution is -0.00211. The highest BCUT2D eigenvalue weighted by Crippen LogP contribution is 2.24. The number of benzene rings is 1. The third-order valence-corrected chi connectivity index (χ3v) is 4.94. The van der Waals surface area contributed by atoms with E-state index < -0.39 is 6.10 Å². The second-order valence-corrected chi connectivity index (χ2v) is 9.02. The summed E-state index contributed by atoms with van der Waals surface area (Å²) in [7, 11) is 0. The van der Waals surface area contributed by atoms with Crippen LogP contribution >= 0.6 is 0 Å². The summed E-state index contributed by atoms with van der Waals surface area (Å²) in [6, 6.07) is 8.24. The Morgan fingerprint density at radius 3 is 2.27 bits per heavy atom. The standard InChI is InChI=1S/C22H37NO3/c1-17-12-18(2)14-23(13-17)15-20(24)16-25-10-11-26-21-8-6-19(7-9-21)22(3,4)5/h6-9,17-18,20,24H,10-16H2,1-5H3/t17-,18-,20-/m1/s1. The Balaban J connectivity index is 1.60. The summed E-state index contributed by atoms with van der Waals surface area (Å²) < 4.78 is 11.3. The molecule has 1 saturated heterocycles. The van der Waals surface area contributed by atoms with E-state index in [1.54, 1.807) is 0 Å². The van der Waals surface area contributed by atoms with E-state index >= 15 is 0 Å². The molecule has 1 aromatic rings. The van der Waals surface area contributed by atoms with Crippen molar-refractivity contribution in [1.29, 1.82) is 0 Å². The second kappa shape index (κ2) is 9.72. The fourth-order valence-corrected chi connectivity index (χ4v) is 3.78. The van der Waals surface area contributed by atoms with Crippen molar-refractivity contribution in [3.8, 4) is 5.75 Å². The van der Waals surface area contributed by atoms with Gasteiger partial charge in [0.25, 0.3) is 0 Å². The monoisotopic (exact) mass is 363 g/mol. The van der Waals surface area contributed by atoms with E-state index in [1.165, 1.54) is 12.0 Å². The zero-order valence-electron chi connectivity index (χ0n) is 17.2. The van der Waals surface area contributed by atoms with Crippen molar-refractivity contribution >= 4 is 0 Å². The minimum atomic E-state index is -0.432. The Bertz CT molecular complexity index is 513. The minimum absolute atomic E-state index is 0.154. The van der Waals surface area contributed by atoms with E-state index in [1.807, 2.05) is 12.1 Å². The normalized spacial score (nSPS) is 23.0. The van der Waals surface area contributed by atoms with Crippen molar-refractivity contribution in [3.05, 3.63) is 29.8 Å². The van der Waals surface area contributed by atoms with Gasteiger partial charge in [0.05, 0.1) is 19.3 Å². The van der Waals surface area contributed by atoms with Crippen LogP contribution in [0.5, 0.6) is 5.75 Å². The molecule has 4 heteroatoms. The number of likely N-dealkylation sites (tertiary alicyclic amines) is 1. The molecule has 4 nitrogen and oxygen atoms in total. The van der Waals surface area contributed by atoms with Crippen LogP contribution < -0.4 is 4.74 Å². The molecule has 0 spiro atoms. The van der Waals surface area contributed by atoms with Gasteiger partial charge in [0, 0.05) is 19.6 Å². The van der Waals surface area contributed by atoms with Crippen LogP contribution in [0.2, 0.25) is 0 Å². The van der Waals surface area contributed by atoms with Gasteiger partial charge < -0.3 is 19.5 Å². The van der Waals surface area contributed by atoms with E-state index in [-0.39, 0.29) is 5.41 Å². The maximum Gasteiger partial charge on any atom is 0.119 e. The molecule has 0 bridgehead atoms. The lowest BCUT2D eigenvalue weighted by Gasteiger charge is -2.35. The van der Waals surface area contributed by atoms with Crippen molar-refractivity contribution in [2.24, 2.45) is 11.8 Å². The predicted octanol–water partition coefficient (Wildman–Crippen LogP) is 3.72.